The second-order valence-electron chi connectivity index (χ2n) is 4.63. The Kier molecular flexibility index (Phi) is 3.70. The molecule has 2 nitrogen and oxygen atoms in total. The standard InChI is InChI=1S/C14H21NO/c1-11-8-9-14(13(10-11)15-2)16-12-6-4-3-5-7-12/h8-10,12,15H,3-7H2,1-2H3. The number of ether oxygens (including phenoxy) is 1. The van der Waals surface area contributed by atoms with Crippen LogP contribution in [0, 0.1) is 6.92 Å². The average Bonchev–Trinajstić information content (AvgIpc) is 2.33. The van der Waals surface area contributed by atoms with Gasteiger partial charge >= 0.3 is 0 Å². The lowest BCUT2D eigenvalue weighted by atomic mass is 9.98. The summed E-state index contributed by atoms with van der Waals surface area (Å²) in [4.78, 5) is 0. The van der Waals surface area contributed by atoms with Crippen LogP contribution in [0.5, 0.6) is 5.75 Å². The van der Waals surface area contributed by atoms with Crippen LogP contribution >= 0.6 is 0 Å². The van der Waals surface area contributed by atoms with Gasteiger partial charge in [0, 0.05) is 7.05 Å². The van der Waals surface area contributed by atoms with Crippen molar-refractivity contribution in [3.8, 4) is 5.75 Å². The molecule has 0 radical (unpaired) electrons. The van der Waals surface area contributed by atoms with E-state index in [1.165, 1.54) is 37.7 Å². The Hall–Kier alpha value is -1.18. The first-order valence-corrected chi connectivity index (χ1v) is 6.24. The maximum absolute atomic E-state index is 6.07. The number of aryl methyl sites for hydroxylation is 1. The van der Waals surface area contributed by atoms with Crippen molar-refractivity contribution in [3.05, 3.63) is 23.8 Å². The zero-order chi connectivity index (χ0) is 11.4. The summed E-state index contributed by atoms with van der Waals surface area (Å²) in [6.07, 6.45) is 6.82. The zero-order valence-electron chi connectivity index (χ0n) is 10.3. The highest BCUT2D eigenvalue weighted by Crippen LogP contribution is 2.29. The molecule has 1 N–H and O–H groups in total. The summed E-state index contributed by atoms with van der Waals surface area (Å²) >= 11 is 0. The molecule has 1 aliphatic rings. The first kappa shape index (κ1) is 11.3. The van der Waals surface area contributed by atoms with E-state index in [0.717, 1.165) is 11.4 Å². The molecule has 1 aromatic rings. The number of hydrogen-bond acceptors (Lipinski definition) is 2. The van der Waals surface area contributed by atoms with Gasteiger partial charge in [0.1, 0.15) is 5.75 Å². The molecule has 88 valence electrons. The fourth-order valence-corrected chi connectivity index (χ4v) is 2.30. The van der Waals surface area contributed by atoms with Crippen LogP contribution in [-0.4, -0.2) is 13.2 Å². The van der Waals surface area contributed by atoms with E-state index in [1.54, 1.807) is 0 Å². The number of anilines is 1. The molecule has 0 spiro atoms. The third kappa shape index (κ3) is 2.69. The molecule has 1 aliphatic carbocycles. The molecule has 0 saturated heterocycles. The van der Waals surface area contributed by atoms with Crippen LogP contribution in [0.4, 0.5) is 5.69 Å². The SMILES string of the molecule is CNc1cc(C)ccc1OC1CCCCC1. The lowest BCUT2D eigenvalue weighted by molar-refractivity contribution is 0.156. The summed E-state index contributed by atoms with van der Waals surface area (Å²) in [5.41, 5.74) is 2.37. The number of benzene rings is 1. The Labute approximate surface area is 98.0 Å². The number of nitrogens with one attached hydrogen (secondary N) is 1. The quantitative estimate of drug-likeness (QED) is 0.836. The van der Waals surface area contributed by atoms with Crippen molar-refractivity contribution in [2.75, 3.05) is 12.4 Å². The molecule has 0 atom stereocenters. The van der Waals surface area contributed by atoms with Gasteiger partial charge in [-0.3, -0.25) is 0 Å². The Morgan fingerprint density at radius 1 is 1.19 bits per heavy atom. The Bertz CT molecular complexity index is 343. The van der Waals surface area contributed by atoms with Crippen molar-refractivity contribution in [1.29, 1.82) is 0 Å². The van der Waals surface area contributed by atoms with E-state index in [9.17, 15) is 0 Å². The highest BCUT2D eigenvalue weighted by Gasteiger charge is 2.16. The average molecular weight is 219 g/mol. The fourth-order valence-electron chi connectivity index (χ4n) is 2.30. The summed E-state index contributed by atoms with van der Waals surface area (Å²) in [6.45, 7) is 2.10. The summed E-state index contributed by atoms with van der Waals surface area (Å²) in [6, 6.07) is 6.33. The topological polar surface area (TPSA) is 21.3 Å². The van der Waals surface area contributed by atoms with E-state index in [2.05, 4.69) is 30.4 Å². The van der Waals surface area contributed by atoms with Crippen LogP contribution in [0.3, 0.4) is 0 Å². The molecular weight excluding hydrogens is 198 g/mol. The number of rotatable bonds is 3. The van der Waals surface area contributed by atoms with Crippen LogP contribution in [0.2, 0.25) is 0 Å². The second kappa shape index (κ2) is 5.24. The smallest absolute Gasteiger partial charge is 0.142 e. The maximum atomic E-state index is 6.07. The molecule has 2 heteroatoms. The van der Waals surface area contributed by atoms with Crippen LogP contribution in [0.15, 0.2) is 18.2 Å². The molecule has 1 saturated carbocycles. The van der Waals surface area contributed by atoms with Crippen molar-refractivity contribution in [2.45, 2.75) is 45.1 Å². The molecule has 1 aromatic carbocycles. The molecule has 0 aliphatic heterocycles. The van der Waals surface area contributed by atoms with Crippen molar-refractivity contribution in [2.24, 2.45) is 0 Å². The van der Waals surface area contributed by atoms with Crippen LogP contribution in [0.1, 0.15) is 37.7 Å². The molecule has 0 unspecified atom stereocenters. The van der Waals surface area contributed by atoms with Gasteiger partial charge in [0.15, 0.2) is 0 Å². The van der Waals surface area contributed by atoms with Gasteiger partial charge in [0.25, 0.3) is 0 Å². The van der Waals surface area contributed by atoms with Crippen molar-refractivity contribution in [3.63, 3.8) is 0 Å². The first-order valence-electron chi connectivity index (χ1n) is 6.24. The van der Waals surface area contributed by atoms with Crippen molar-refractivity contribution < 1.29 is 4.74 Å². The minimum Gasteiger partial charge on any atom is -0.488 e. The molecule has 16 heavy (non-hydrogen) atoms. The maximum Gasteiger partial charge on any atom is 0.142 e. The monoisotopic (exact) mass is 219 g/mol. The predicted octanol–water partition coefficient (Wildman–Crippen LogP) is 3.75. The van der Waals surface area contributed by atoms with E-state index < -0.39 is 0 Å². The summed E-state index contributed by atoms with van der Waals surface area (Å²) in [5, 5.41) is 3.20. The van der Waals surface area contributed by atoms with E-state index in [-0.39, 0.29) is 0 Å². The van der Waals surface area contributed by atoms with E-state index >= 15 is 0 Å². The van der Waals surface area contributed by atoms with Crippen LogP contribution < -0.4 is 10.1 Å². The van der Waals surface area contributed by atoms with Gasteiger partial charge in [-0.05, 0) is 50.3 Å². The van der Waals surface area contributed by atoms with E-state index in [4.69, 9.17) is 4.74 Å². The first-order chi connectivity index (χ1) is 7.79. The molecule has 0 bridgehead atoms. The van der Waals surface area contributed by atoms with E-state index in [1.807, 2.05) is 7.05 Å². The zero-order valence-corrected chi connectivity index (χ0v) is 10.3. The van der Waals surface area contributed by atoms with Gasteiger partial charge in [-0.1, -0.05) is 12.5 Å². The Morgan fingerprint density at radius 2 is 1.94 bits per heavy atom. The molecule has 2 rings (SSSR count). The largest absolute Gasteiger partial charge is 0.488 e. The van der Waals surface area contributed by atoms with Gasteiger partial charge in [-0.2, -0.15) is 0 Å². The summed E-state index contributed by atoms with van der Waals surface area (Å²) in [7, 11) is 1.95. The summed E-state index contributed by atoms with van der Waals surface area (Å²) in [5.74, 6) is 1.00. The highest BCUT2D eigenvalue weighted by molar-refractivity contribution is 5.57. The lowest BCUT2D eigenvalue weighted by Crippen LogP contribution is -2.20. The summed E-state index contributed by atoms with van der Waals surface area (Å²) < 4.78 is 6.07. The molecule has 0 heterocycles. The van der Waals surface area contributed by atoms with Gasteiger partial charge in [0.2, 0.25) is 0 Å². The molecule has 0 amide bonds. The van der Waals surface area contributed by atoms with Gasteiger partial charge in [0.05, 0.1) is 11.8 Å². The Balaban J connectivity index is 2.07. The molecule has 0 aromatic heterocycles. The lowest BCUT2D eigenvalue weighted by Gasteiger charge is -2.24. The molecular formula is C14H21NO. The minimum absolute atomic E-state index is 0.420. The third-order valence-corrected chi connectivity index (χ3v) is 3.25. The van der Waals surface area contributed by atoms with Gasteiger partial charge in [-0.15, -0.1) is 0 Å². The van der Waals surface area contributed by atoms with E-state index in [0.29, 0.717) is 6.10 Å². The number of hydrogen-bond donors (Lipinski definition) is 1. The third-order valence-electron chi connectivity index (χ3n) is 3.25. The normalized spacial score (nSPS) is 17.1. The van der Waals surface area contributed by atoms with Crippen LogP contribution in [-0.2, 0) is 0 Å². The van der Waals surface area contributed by atoms with Gasteiger partial charge in [-0.25, -0.2) is 0 Å². The predicted molar refractivity (Wildman–Crippen MR) is 68.2 cm³/mol. The molecule has 1 fully saturated rings. The van der Waals surface area contributed by atoms with Gasteiger partial charge < -0.3 is 10.1 Å². The highest BCUT2D eigenvalue weighted by atomic mass is 16.5. The minimum atomic E-state index is 0.420. The van der Waals surface area contributed by atoms with Crippen molar-refractivity contribution in [1.82, 2.24) is 0 Å². The van der Waals surface area contributed by atoms with Crippen molar-refractivity contribution >= 4 is 5.69 Å². The Morgan fingerprint density at radius 3 is 2.62 bits per heavy atom. The second-order valence-corrected chi connectivity index (χ2v) is 4.63. The van der Waals surface area contributed by atoms with Crippen LogP contribution in [0.25, 0.3) is 0 Å². The fraction of sp³-hybridized carbons (Fsp3) is 0.571.